The van der Waals surface area contributed by atoms with Crippen LogP contribution in [0.5, 0.6) is 5.75 Å². The van der Waals surface area contributed by atoms with Crippen LogP contribution in [0.4, 0.5) is 4.39 Å². The fourth-order valence-corrected chi connectivity index (χ4v) is 3.97. The molecule has 2 atom stereocenters. The minimum Gasteiger partial charge on any atom is -0.491 e. The molecule has 1 aliphatic rings. The highest BCUT2D eigenvalue weighted by atomic mass is 19.1. The van der Waals surface area contributed by atoms with Gasteiger partial charge in [0.15, 0.2) is 0 Å². The van der Waals surface area contributed by atoms with Crippen molar-refractivity contribution in [1.29, 1.82) is 0 Å². The van der Waals surface area contributed by atoms with E-state index in [2.05, 4.69) is 29.0 Å². The molecule has 0 bridgehead atoms. The molecule has 1 fully saturated rings. The van der Waals surface area contributed by atoms with E-state index in [0.717, 1.165) is 49.3 Å². The molecule has 1 aliphatic heterocycles. The fourth-order valence-electron chi connectivity index (χ4n) is 3.97. The van der Waals surface area contributed by atoms with Crippen LogP contribution in [0.2, 0.25) is 0 Å². The SMILES string of the molecule is CC(C)Oc1ccc(C(C(C=O)Cc2ccc(F)cc2)N2CCN(C)CC2)cc1. The molecule has 29 heavy (non-hydrogen) atoms. The van der Waals surface area contributed by atoms with E-state index in [1.165, 1.54) is 12.1 Å². The molecule has 5 heteroatoms. The molecule has 156 valence electrons. The second kappa shape index (κ2) is 9.99. The standard InChI is InChI=1S/C24H31FN2O2/c1-18(2)29-23-10-6-20(7-11-23)24(27-14-12-26(3)13-15-27)21(17-28)16-19-4-8-22(25)9-5-19/h4-11,17-18,21,24H,12-16H2,1-3H3. The number of hydrogen-bond acceptors (Lipinski definition) is 4. The molecule has 2 aromatic carbocycles. The number of benzene rings is 2. The van der Waals surface area contributed by atoms with E-state index in [0.29, 0.717) is 6.42 Å². The maximum absolute atomic E-state index is 13.3. The topological polar surface area (TPSA) is 32.8 Å². The van der Waals surface area contributed by atoms with Crippen molar-refractivity contribution >= 4 is 6.29 Å². The average Bonchev–Trinajstić information content (AvgIpc) is 2.71. The van der Waals surface area contributed by atoms with Gasteiger partial charge in [0, 0.05) is 38.1 Å². The predicted octanol–water partition coefficient (Wildman–Crippen LogP) is 3.96. The summed E-state index contributed by atoms with van der Waals surface area (Å²) in [6, 6.07) is 14.6. The van der Waals surface area contributed by atoms with Crippen LogP contribution in [-0.2, 0) is 11.2 Å². The quantitative estimate of drug-likeness (QED) is 0.630. The Morgan fingerprint density at radius 2 is 1.62 bits per heavy atom. The molecule has 0 amide bonds. The van der Waals surface area contributed by atoms with Gasteiger partial charge >= 0.3 is 0 Å². The van der Waals surface area contributed by atoms with Crippen molar-refractivity contribution in [2.24, 2.45) is 5.92 Å². The zero-order valence-corrected chi connectivity index (χ0v) is 17.6. The summed E-state index contributed by atoms with van der Waals surface area (Å²) < 4.78 is 19.1. The van der Waals surface area contributed by atoms with Gasteiger partial charge in [0.2, 0.25) is 0 Å². The number of rotatable bonds is 8. The number of carbonyl (C=O) groups is 1. The first-order chi connectivity index (χ1) is 14.0. The van der Waals surface area contributed by atoms with Gasteiger partial charge in [0.1, 0.15) is 17.9 Å². The molecule has 2 aromatic rings. The summed E-state index contributed by atoms with van der Waals surface area (Å²) in [5.41, 5.74) is 2.09. The first-order valence-electron chi connectivity index (χ1n) is 10.3. The van der Waals surface area contributed by atoms with Gasteiger partial charge in [-0.25, -0.2) is 4.39 Å². The number of ether oxygens (including phenoxy) is 1. The monoisotopic (exact) mass is 398 g/mol. The third-order valence-corrected chi connectivity index (χ3v) is 5.49. The summed E-state index contributed by atoms with van der Waals surface area (Å²) in [6.45, 7) is 7.80. The van der Waals surface area contributed by atoms with Crippen molar-refractivity contribution in [2.45, 2.75) is 32.4 Å². The van der Waals surface area contributed by atoms with E-state index in [1.807, 2.05) is 26.0 Å². The van der Waals surface area contributed by atoms with Gasteiger partial charge in [-0.15, -0.1) is 0 Å². The lowest BCUT2D eigenvalue weighted by Crippen LogP contribution is -2.48. The van der Waals surface area contributed by atoms with Crippen molar-refractivity contribution in [3.8, 4) is 5.75 Å². The largest absolute Gasteiger partial charge is 0.491 e. The molecule has 2 unspecified atom stereocenters. The van der Waals surface area contributed by atoms with Crippen molar-refractivity contribution in [2.75, 3.05) is 33.2 Å². The van der Waals surface area contributed by atoms with E-state index in [9.17, 15) is 9.18 Å². The lowest BCUT2D eigenvalue weighted by molar-refractivity contribution is -0.113. The Balaban J connectivity index is 1.86. The Morgan fingerprint density at radius 1 is 1.00 bits per heavy atom. The minimum absolute atomic E-state index is 0.0145. The maximum atomic E-state index is 13.3. The summed E-state index contributed by atoms with van der Waals surface area (Å²) in [5.74, 6) is 0.371. The van der Waals surface area contributed by atoms with E-state index >= 15 is 0 Å². The molecule has 1 saturated heterocycles. The molecule has 0 N–H and O–H groups in total. The molecule has 0 radical (unpaired) electrons. The van der Waals surface area contributed by atoms with Crippen LogP contribution in [0.3, 0.4) is 0 Å². The Hall–Kier alpha value is -2.24. The molecule has 0 saturated carbocycles. The number of hydrogen-bond donors (Lipinski definition) is 0. The summed E-state index contributed by atoms with van der Waals surface area (Å²) in [4.78, 5) is 16.9. The minimum atomic E-state index is -0.257. The van der Waals surface area contributed by atoms with Gasteiger partial charge in [-0.3, -0.25) is 4.90 Å². The summed E-state index contributed by atoms with van der Waals surface area (Å²) in [7, 11) is 2.13. The average molecular weight is 399 g/mol. The van der Waals surface area contributed by atoms with E-state index in [1.54, 1.807) is 12.1 Å². The lowest BCUT2D eigenvalue weighted by Gasteiger charge is -2.40. The van der Waals surface area contributed by atoms with Crippen LogP contribution >= 0.6 is 0 Å². The number of halogens is 1. The van der Waals surface area contributed by atoms with Gasteiger partial charge in [0.05, 0.1) is 6.10 Å². The van der Waals surface area contributed by atoms with Crippen LogP contribution < -0.4 is 4.74 Å². The van der Waals surface area contributed by atoms with Crippen LogP contribution in [0.25, 0.3) is 0 Å². The first kappa shape index (κ1) is 21.5. The van der Waals surface area contributed by atoms with Crippen molar-refractivity contribution in [3.63, 3.8) is 0 Å². The van der Waals surface area contributed by atoms with Gasteiger partial charge in [0.25, 0.3) is 0 Å². The number of aldehydes is 1. The first-order valence-corrected chi connectivity index (χ1v) is 10.3. The van der Waals surface area contributed by atoms with Crippen LogP contribution in [0, 0.1) is 11.7 Å². The molecule has 1 heterocycles. The second-order valence-electron chi connectivity index (χ2n) is 8.15. The van der Waals surface area contributed by atoms with Gasteiger partial charge in [-0.2, -0.15) is 0 Å². The zero-order chi connectivity index (χ0) is 20.8. The van der Waals surface area contributed by atoms with Crippen LogP contribution in [0.1, 0.15) is 31.0 Å². The van der Waals surface area contributed by atoms with Crippen molar-refractivity contribution in [1.82, 2.24) is 9.80 Å². The van der Waals surface area contributed by atoms with Crippen LogP contribution in [-0.4, -0.2) is 55.4 Å². The van der Waals surface area contributed by atoms with E-state index in [4.69, 9.17) is 4.74 Å². The smallest absolute Gasteiger partial charge is 0.125 e. The molecule has 3 rings (SSSR count). The summed E-state index contributed by atoms with van der Waals surface area (Å²) in [6.07, 6.45) is 1.77. The Kier molecular flexibility index (Phi) is 7.40. The molecular formula is C24H31FN2O2. The highest BCUT2D eigenvalue weighted by Crippen LogP contribution is 2.32. The third-order valence-electron chi connectivity index (χ3n) is 5.49. The molecule has 0 aliphatic carbocycles. The Labute approximate surface area is 173 Å². The van der Waals surface area contributed by atoms with E-state index < -0.39 is 0 Å². The Morgan fingerprint density at radius 3 is 2.17 bits per heavy atom. The molecular weight excluding hydrogens is 367 g/mol. The Bertz CT molecular complexity index is 768. The lowest BCUT2D eigenvalue weighted by atomic mass is 9.87. The molecule has 0 spiro atoms. The molecule has 4 nitrogen and oxygen atoms in total. The summed E-state index contributed by atoms with van der Waals surface area (Å²) >= 11 is 0. The normalized spacial score (nSPS) is 17.8. The van der Waals surface area contributed by atoms with Crippen molar-refractivity contribution in [3.05, 3.63) is 65.5 Å². The highest BCUT2D eigenvalue weighted by molar-refractivity contribution is 5.57. The third kappa shape index (κ3) is 5.87. The van der Waals surface area contributed by atoms with Gasteiger partial charge < -0.3 is 14.4 Å². The number of nitrogens with zero attached hydrogens (tertiary/aromatic N) is 2. The van der Waals surface area contributed by atoms with Gasteiger partial charge in [-0.1, -0.05) is 24.3 Å². The van der Waals surface area contributed by atoms with Gasteiger partial charge in [-0.05, 0) is 62.7 Å². The summed E-state index contributed by atoms with van der Waals surface area (Å²) in [5, 5.41) is 0. The maximum Gasteiger partial charge on any atom is 0.125 e. The van der Waals surface area contributed by atoms with Crippen molar-refractivity contribution < 1.29 is 13.9 Å². The van der Waals surface area contributed by atoms with E-state index in [-0.39, 0.29) is 23.9 Å². The number of likely N-dealkylation sites (N-methyl/N-ethyl adjacent to an activating group) is 1. The predicted molar refractivity (Wildman–Crippen MR) is 114 cm³/mol. The molecule has 0 aromatic heterocycles. The zero-order valence-electron chi connectivity index (χ0n) is 17.6. The van der Waals surface area contributed by atoms with Crippen LogP contribution in [0.15, 0.2) is 48.5 Å². The fraction of sp³-hybridized carbons (Fsp3) is 0.458. The highest BCUT2D eigenvalue weighted by Gasteiger charge is 2.31. The second-order valence-corrected chi connectivity index (χ2v) is 8.15. The number of piperazine rings is 1. The number of carbonyl (C=O) groups excluding carboxylic acids is 1.